The van der Waals surface area contributed by atoms with Crippen LogP contribution in [0.15, 0.2) is 57.5 Å². The Balaban J connectivity index is 2.04. The highest BCUT2D eigenvalue weighted by molar-refractivity contribution is 7.99. The van der Waals surface area contributed by atoms with Gasteiger partial charge in [-0.3, -0.25) is 4.79 Å². The van der Waals surface area contributed by atoms with E-state index in [-0.39, 0.29) is 5.96 Å². The number of nitrogens with zero attached hydrogens (tertiary/aromatic N) is 1. The number of halogens is 1. The first-order chi connectivity index (χ1) is 11.5. The molecular formula is C18H18FN3OS. The molecule has 1 heterocycles. The van der Waals surface area contributed by atoms with E-state index in [2.05, 4.69) is 4.99 Å². The molecule has 4 N–H and O–H groups in total. The van der Waals surface area contributed by atoms with Crippen LogP contribution in [0.1, 0.15) is 29.3 Å². The Bertz CT molecular complexity index is 820. The van der Waals surface area contributed by atoms with Crippen LogP contribution in [0.25, 0.3) is 5.57 Å². The summed E-state index contributed by atoms with van der Waals surface area (Å²) in [6.07, 6.45) is 5.16. The van der Waals surface area contributed by atoms with Gasteiger partial charge in [0.1, 0.15) is 6.17 Å². The summed E-state index contributed by atoms with van der Waals surface area (Å²) in [4.78, 5) is 16.6. The Morgan fingerprint density at radius 1 is 1.33 bits per heavy atom. The lowest BCUT2D eigenvalue weighted by molar-refractivity contribution is 0.100. The molecule has 1 aliphatic carbocycles. The highest BCUT2D eigenvalue weighted by atomic mass is 32.2. The van der Waals surface area contributed by atoms with Crippen molar-refractivity contribution in [2.75, 3.05) is 5.75 Å². The molecular weight excluding hydrogens is 325 g/mol. The van der Waals surface area contributed by atoms with Gasteiger partial charge >= 0.3 is 0 Å². The minimum Gasteiger partial charge on any atom is -0.370 e. The number of amides is 1. The third-order valence-corrected chi connectivity index (χ3v) is 4.97. The summed E-state index contributed by atoms with van der Waals surface area (Å²) in [6, 6.07) is 5.29. The molecule has 4 nitrogen and oxygen atoms in total. The number of alkyl halides is 1. The first-order valence-electron chi connectivity index (χ1n) is 7.59. The molecule has 0 radical (unpaired) electrons. The normalized spacial score (nSPS) is 19.6. The van der Waals surface area contributed by atoms with Crippen LogP contribution in [-0.2, 0) is 0 Å². The van der Waals surface area contributed by atoms with Crippen molar-refractivity contribution in [1.82, 2.24) is 0 Å². The van der Waals surface area contributed by atoms with E-state index < -0.39 is 12.1 Å². The van der Waals surface area contributed by atoms with Crippen molar-refractivity contribution in [2.24, 2.45) is 16.5 Å². The first kappa shape index (κ1) is 16.5. The summed E-state index contributed by atoms with van der Waals surface area (Å²) in [5.74, 6) is -0.00353. The average molecular weight is 343 g/mol. The van der Waals surface area contributed by atoms with Gasteiger partial charge in [0.2, 0.25) is 0 Å². The number of allylic oxidation sites excluding steroid dienone is 5. The average Bonchev–Trinajstić information content (AvgIpc) is 2.53. The number of nitrogens with two attached hydrogens (primary N) is 2. The van der Waals surface area contributed by atoms with Crippen molar-refractivity contribution in [3.63, 3.8) is 0 Å². The third-order valence-electron chi connectivity index (χ3n) is 3.97. The second-order valence-corrected chi connectivity index (χ2v) is 6.85. The van der Waals surface area contributed by atoms with Crippen molar-refractivity contribution in [3.8, 4) is 0 Å². The molecule has 1 unspecified atom stereocenters. The zero-order chi connectivity index (χ0) is 17.3. The first-order valence-corrected chi connectivity index (χ1v) is 8.57. The molecule has 1 aromatic rings. The highest BCUT2D eigenvalue weighted by Gasteiger charge is 2.25. The van der Waals surface area contributed by atoms with E-state index in [1.54, 1.807) is 23.9 Å². The van der Waals surface area contributed by atoms with E-state index in [0.717, 1.165) is 27.4 Å². The monoisotopic (exact) mass is 343 g/mol. The molecule has 1 atom stereocenters. The van der Waals surface area contributed by atoms with Crippen LogP contribution in [0.2, 0.25) is 0 Å². The Morgan fingerprint density at radius 3 is 2.83 bits per heavy atom. The van der Waals surface area contributed by atoms with E-state index >= 15 is 0 Å². The molecule has 0 bridgehead atoms. The van der Waals surface area contributed by atoms with Gasteiger partial charge in [-0.05, 0) is 41.8 Å². The maximum Gasteiger partial charge on any atom is 0.280 e. The summed E-state index contributed by atoms with van der Waals surface area (Å²) in [5, 5.41) is 0. The molecule has 0 saturated carbocycles. The maximum absolute atomic E-state index is 14.5. The molecule has 0 fully saturated rings. The zero-order valence-electron chi connectivity index (χ0n) is 13.3. The number of guanidine groups is 1. The smallest absolute Gasteiger partial charge is 0.280 e. The van der Waals surface area contributed by atoms with Gasteiger partial charge in [0, 0.05) is 22.6 Å². The van der Waals surface area contributed by atoms with Gasteiger partial charge < -0.3 is 11.5 Å². The number of fused-ring (bicyclic) bond motifs is 1. The van der Waals surface area contributed by atoms with Gasteiger partial charge in [-0.1, -0.05) is 23.8 Å². The molecule has 1 aromatic carbocycles. The van der Waals surface area contributed by atoms with Crippen molar-refractivity contribution < 1.29 is 9.18 Å². The number of carbonyl (C=O) groups is 1. The van der Waals surface area contributed by atoms with E-state index in [9.17, 15) is 9.18 Å². The number of rotatable bonds is 2. The Morgan fingerprint density at radius 2 is 2.12 bits per heavy atom. The van der Waals surface area contributed by atoms with Crippen molar-refractivity contribution in [1.29, 1.82) is 0 Å². The fourth-order valence-corrected chi connectivity index (χ4v) is 3.75. The molecule has 2 aliphatic rings. The number of benzene rings is 1. The maximum atomic E-state index is 14.5. The van der Waals surface area contributed by atoms with Crippen LogP contribution in [-0.4, -0.2) is 23.8 Å². The molecule has 24 heavy (non-hydrogen) atoms. The van der Waals surface area contributed by atoms with Crippen LogP contribution in [0, 0.1) is 0 Å². The van der Waals surface area contributed by atoms with E-state index in [0.29, 0.717) is 17.6 Å². The molecule has 0 saturated heterocycles. The highest BCUT2D eigenvalue weighted by Crippen LogP contribution is 2.41. The number of carbonyl (C=O) groups excluding carboxylic acids is 1. The van der Waals surface area contributed by atoms with Crippen molar-refractivity contribution in [2.45, 2.75) is 24.4 Å². The number of hydrogen-bond donors (Lipinski definition) is 2. The van der Waals surface area contributed by atoms with Crippen molar-refractivity contribution in [3.05, 3.63) is 58.7 Å². The number of hydrogen-bond acceptors (Lipinski definition) is 2. The van der Waals surface area contributed by atoms with Gasteiger partial charge in [0.25, 0.3) is 5.91 Å². The summed E-state index contributed by atoms with van der Waals surface area (Å²) in [5.41, 5.74) is 14.3. The quantitative estimate of drug-likeness (QED) is 0.638. The molecule has 6 heteroatoms. The Kier molecular flexibility index (Phi) is 4.57. The Labute approximate surface area is 144 Å². The largest absolute Gasteiger partial charge is 0.370 e. The van der Waals surface area contributed by atoms with Gasteiger partial charge in [-0.15, -0.1) is 11.8 Å². The number of aliphatic imine (C=N–C) groups is 1. The lowest BCUT2D eigenvalue weighted by Gasteiger charge is -2.24. The van der Waals surface area contributed by atoms with Gasteiger partial charge in [-0.25, -0.2) is 4.39 Å². The summed E-state index contributed by atoms with van der Waals surface area (Å²) in [6.45, 7) is 1.92. The fraction of sp³-hybridized carbons (Fsp3) is 0.222. The van der Waals surface area contributed by atoms with Crippen LogP contribution in [0.5, 0.6) is 0 Å². The summed E-state index contributed by atoms with van der Waals surface area (Å²) < 4.78 is 14.5. The second kappa shape index (κ2) is 6.65. The van der Waals surface area contributed by atoms with Gasteiger partial charge in [-0.2, -0.15) is 4.99 Å². The third kappa shape index (κ3) is 3.28. The van der Waals surface area contributed by atoms with Crippen LogP contribution >= 0.6 is 11.8 Å². The second-order valence-electron chi connectivity index (χ2n) is 5.79. The molecule has 0 spiro atoms. The lowest BCUT2D eigenvalue weighted by Crippen LogP contribution is -2.24. The predicted octanol–water partition coefficient (Wildman–Crippen LogP) is 3.20. The van der Waals surface area contributed by atoms with Crippen molar-refractivity contribution >= 4 is 29.2 Å². The van der Waals surface area contributed by atoms with Crippen LogP contribution in [0.4, 0.5) is 4.39 Å². The molecule has 124 valence electrons. The molecule has 3 rings (SSSR count). The molecule has 1 aliphatic heterocycles. The van der Waals surface area contributed by atoms with Gasteiger partial charge in [0.05, 0.1) is 0 Å². The molecule has 0 aromatic heterocycles. The van der Waals surface area contributed by atoms with E-state index in [1.165, 1.54) is 0 Å². The van der Waals surface area contributed by atoms with E-state index in [1.807, 2.05) is 31.2 Å². The SMILES string of the molecule is CC1=CC=C(C2=CCSc3ccc(C(=O)N=C(N)N)cc32)C(F)C1. The van der Waals surface area contributed by atoms with Crippen LogP contribution in [0.3, 0.4) is 0 Å². The minimum absolute atomic E-state index is 0.276. The summed E-state index contributed by atoms with van der Waals surface area (Å²) in [7, 11) is 0. The topological polar surface area (TPSA) is 81.5 Å². The zero-order valence-corrected chi connectivity index (χ0v) is 14.1. The number of thioether (sulfide) groups is 1. The minimum atomic E-state index is -1.03. The lowest BCUT2D eigenvalue weighted by atomic mass is 9.87. The predicted molar refractivity (Wildman–Crippen MR) is 96.6 cm³/mol. The van der Waals surface area contributed by atoms with Gasteiger partial charge in [0.15, 0.2) is 5.96 Å². The fourth-order valence-electron chi connectivity index (χ4n) is 2.83. The molecule has 1 amide bonds. The van der Waals surface area contributed by atoms with E-state index in [4.69, 9.17) is 11.5 Å². The Hall–Kier alpha value is -2.34. The standard InChI is InChI=1S/C18H18FN3OS/c1-10-2-4-13(15(19)8-10)12-6-7-24-16-5-3-11(9-14(12)16)17(23)22-18(20)21/h2-6,9,15H,7-8H2,1H3,(H4,20,21,22,23). The van der Waals surface area contributed by atoms with Crippen LogP contribution < -0.4 is 11.5 Å². The summed E-state index contributed by atoms with van der Waals surface area (Å²) >= 11 is 1.65.